The van der Waals surface area contributed by atoms with E-state index in [1.807, 2.05) is 31.4 Å². The Bertz CT molecular complexity index is 812. The predicted molar refractivity (Wildman–Crippen MR) is 80.7 cm³/mol. The second kappa shape index (κ2) is 4.71. The third-order valence-electron chi connectivity index (χ3n) is 2.93. The molecule has 0 aliphatic heterocycles. The second-order valence-corrected chi connectivity index (χ2v) is 6.30. The first-order chi connectivity index (χ1) is 9.16. The van der Waals surface area contributed by atoms with Gasteiger partial charge < -0.3 is 0 Å². The number of aryl methyl sites for hydroxylation is 2. The van der Waals surface area contributed by atoms with Crippen molar-refractivity contribution < 1.29 is 0 Å². The number of nitrogens with zero attached hydrogens (tertiary/aromatic N) is 3. The molecule has 0 saturated heterocycles. The van der Waals surface area contributed by atoms with Crippen molar-refractivity contribution in [3.8, 4) is 0 Å². The Morgan fingerprint density at radius 1 is 1.42 bits per heavy atom. The van der Waals surface area contributed by atoms with Gasteiger partial charge in [-0.2, -0.15) is 9.78 Å². The number of hydrogen-bond acceptors (Lipinski definition) is 5. The molecule has 0 atom stereocenters. The summed E-state index contributed by atoms with van der Waals surface area (Å²) in [6.07, 6.45) is 3.15. The lowest BCUT2D eigenvalue weighted by atomic mass is 10.2. The van der Waals surface area contributed by atoms with Crippen LogP contribution >= 0.6 is 22.7 Å². The maximum Gasteiger partial charge on any atom is 0.282 e. The van der Waals surface area contributed by atoms with Gasteiger partial charge in [0.1, 0.15) is 11.2 Å². The Morgan fingerprint density at radius 3 is 3.00 bits per heavy atom. The maximum absolute atomic E-state index is 12.3. The molecule has 0 aliphatic carbocycles. The van der Waals surface area contributed by atoms with E-state index in [-0.39, 0.29) is 5.56 Å². The number of fused-ring (bicyclic) bond motifs is 1. The molecular formula is C13H11N3OS2. The van der Waals surface area contributed by atoms with E-state index in [9.17, 15) is 4.79 Å². The van der Waals surface area contributed by atoms with Gasteiger partial charge in [-0.3, -0.25) is 4.79 Å². The van der Waals surface area contributed by atoms with Crippen LogP contribution in [0, 0.1) is 13.8 Å². The van der Waals surface area contributed by atoms with Crippen molar-refractivity contribution in [2.45, 2.75) is 13.8 Å². The van der Waals surface area contributed by atoms with Crippen LogP contribution < -0.4 is 5.56 Å². The van der Waals surface area contributed by atoms with Gasteiger partial charge in [0, 0.05) is 9.75 Å². The summed E-state index contributed by atoms with van der Waals surface area (Å²) < 4.78 is 1.29. The quantitative estimate of drug-likeness (QED) is 0.681. The monoisotopic (exact) mass is 289 g/mol. The molecule has 19 heavy (non-hydrogen) atoms. The molecular weight excluding hydrogens is 278 g/mol. The van der Waals surface area contributed by atoms with Crippen molar-refractivity contribution in [3.63, 3.8) is 0 Å². The average Bonchev–Trinajstić information content (AvgIpc) is 2.99. The van der Waals surface area contributed by atoms with Crippen LogP contribution in [0.2, 0.25) is 0 Å². The molecule has 3 aromatic rings. The molecule has 3 heterocycles. The molecule has 6 heteroatoms. The highest BCUT2D eigenvalue weighted by atomic mass is 32.1. The molecule has 0 N–H and O–H groups in total. The molecule has 3 aromatic heterocycles. The van der Waals surface area contributed by atoms with Crippen LogP contribution in [0.5, 0.6) is 0 Å². The third-order valence-corrected chi connectivity index (χ3v) is 4.85. The highest BCUT2D eigenvalue weighted by molar-refractivity contribution is 7.18. The van der Waals surface area contributed by atoms with Gasteiger partial charge in [-0.1, -0.05) is 6.07 Å². The lowest BCUT2D eigenvalue weighted by Crippen LogP contribution is -2.16. The van der Waals surface area contributed by atoms with Crippen molar-refractivity contribution in [3.05, 3.63) is 49.5 Å². The van der Waals surface area contributed by atoms with Crippen LogP contribution in [0.4, 0.5) is 0 Å². The molecule has 0 aliphatic rings. The molecule has 0 radical (unpaired) electrons. The number of hydrogen-bond donors (Lipinski definition) is 0. The minimum absolute atomic E-state index is 0.111. The Hall–Kier alpha value is -1.79. The smallest absolute Gasteiger partial charge is 0.267 e. The SMILES string of the molecule is Cc1sc2ncn(/N=C/c3cccs3)c(=O)c2c1C. The van der Waals surface area contributed by atoms with Crippen molar-refractivity contribution in [2.24, 2.45) is 5.10 Å². The fourth-order valence-corrected chi connectivity index (χ4v) is 3.36. The van der Waals surface area contributed by atoms with Crippen molar-refractivity contribution in [1.82, 2.24) is 9.66 Å². The minimum atomic E-state index is -0.111. The van der Waals surface area contributed by atoms with Gasteiger partial charge >= 0.3 is 0 Å². The summed E-state index contributed by atoms with van der Waals surface area (Å²) in [6, 6.07) is 3.90. The molecule has 0 aromatic carbocycles. The zero-order valence-corrected chi connectivity index (χ0v) is 12.1. The number of thiophene rings is 2. The van der Waals surface area contributed by atoms with E-state index in [2.05, 4.69) is 10.1 Å². The maximum atomic E-state index is 12.3. The second-order valence-electron chi connectivity index (χ2n) is 4.12. The van der Waals surface area contributed by atoms with Gasteiger partial charge in [0.25, 0.3) is 5.56 Å². The van der Waals surface area contributed by atoms with Crippen LogP contribution in [-0.4, -0.2) is 15.9 Å². The Labute approximate surface area is 117 Å². The Kier molecular flexibility index (Phi) is 3.04. The fraction of sp³-hybridized carbons (Fsp3) is 0.154. The molecule has 0 saturated carbocycles. The predicted octanol–water partition coefficient (Wildman–Crippen LogP) is 3.02. The summed E-state index contributed by atoms with van der Waals surface area (Å²) in [4.78, 5) is 19.5. The summed E-state index contributed by atoms with van der Waals surface area (Å²) in [5, 5.41) is 6.83. The van der Waals surface area contributed by atoms with Gasteiger partial charge in [-0.15, -0.1) is 22.7 Å². The molecule has 0 unspecified atom stereocenters. The fourth-order valence-electron chi connectivity index (χ4n) is 1.79. The van der Waals surface area contributed by atoms with Crippen LogP contribution in [-0.2, 0) is 0 Å². The molecule has 96 valence electrons. The molecule has 3 rings (SSSR count). The first-order valence-corrected chi connectivity index (χ1v) is 7.41. The third kappa shape index (κ3) is 2.13. The zero-order valence-electron chi connectivity index (χ0n) is 10.5. The molecule has 0 fully saturated rings. The van der Waals surface area contributed by atoms with E-state index in [1.54, 1.807) is 28.9 Å². The summed E-state index contributed by atoms with van der Waals surface area (Å²) >= 11 is 3.12. The van der Waals surface area contributed by atoms with Crippen molar-refractivity contribution in [1.29, 1.82) is 0 Å². The summed E-state index contributed by atoms with van der Waals surface area (Å²) in [5.74, 6) is 0. The summed E-state index contributed by atoms with van der Waals surface area (Å²) in [5.41, 5.74) is 0.887. The normalized spacial score (nSPS) is 11.7. The summed E-state index contributed by atoms with van der Waals surface area (Å²) in [6.45, 7) is 3.95. The highest BCUT2D eigenvalue weighted by Crippen LogP contribution is 2.25. The lowest BCUT2D eigenvalue weighted by molar-refractivity contribution is 0.818. The van der Waals surface area contributed by atoms with E-state index in [0.29, 0.717) is 5.39 Å². The van der Waals surface area contributed by atoms with Gasteiger partial charge in [-0.25, -0.2) is 4.98 Å². The van der Waals surface area contributed by atoms with Crippen molar-refractivity contribution in [2.75, 3.05) is 0 Å². The van der Waals surface area contributed by atoms with Gasteiger partial charge in [0.05, 0.1) is 11.6 Å². The zero-order chi connectivity index (χ0) is 13.4. The Balaban J connectivity index is 2.13. The molecule has 4 nitrogen and oxygen atoms in total. The number of aromatic nitrogens is 2. The number of rotatable bonds is 2. The molecule has 0 spiro atoms. The molecule has 0 amide bonds. The van der Waals surface area contributed by atoms with Crippen LogP contribution in [0.15, 0.2) is 33.7 Å². The highest BCUT2D eigenvalue weighted by Gasteiger charge is 2.11. The summed E-state index contributed by atoms with van der Waals surface area (Å²) in [7, 11) is 0. The van der Waals surface area contributed by atoms with E-state index in [4.69, 9.17) is 0 Å². The van der Waals surface area contributed by atoms with E-state index >= 15 is 0 Å². The average molecular weight is 289 g/mol. The lowest BCUT2D eigenvalue weighted by Gasteiger charge is -1.97. The van der Waals surface area contributed by atoms with Crippen LogP contribution in [0.1, 0.15) is 15.3 Å². The topological polar surface area (TPSA) is 47.2 Å². The van der Waals surface area contributed by atoms with Gasteiger partial charge in [-0.05, 0) is 30.9 Å². The van der Waals surface area contributed by atoms with E-state index in [0.717, 1.165) is 20.1 Å². The van der Waals surface area contributed by atoms with Crippen LogP contribution in [0.3, 0.4) is 0 Å². The van der Waals surface area contributed by atoms with E-state index < -0.39 is 0 Å². The largest absolute Gasteiger partial charge is 0.282 e. The first-order valence-electron chi connectivity index (χ1n) is 5.72. The van der Waals surface area contributed by atoms with Crippen molar-refractivity contribution >= 4 is 39.1 Å². The van der Waals surface area contributed by atoms with E-state index in [1.165, 1.54) is 11.0 Å². The molecule has 0 bridgehead atoms. The minimum Gasteiger partial charge on any atom is -0.267 e. The van der Waals surface area contributed by atoms with Crippen LogP contribution in [0.25, 0.3) is 10.2 Å². The van der Waals surface area contributed by atoms with Gasteiger partial charge in [0.15, 0.2) is 0 Å². The Morgan fingerprint density at radius 2 is 2.26 bits per heavy atom. The first kappa shape index (κ1) is 12.3. The standard InChI is InChI=1S/C13H11N3OS2/c1-8-9(2)19-12-11(8)13(17)16(7-14-12)15-6-10-4-3-5-18-10/h3-7H,1-2H3/b15-6+. The van der Waals surface area contributed by atoms with Gasteiger partial charge in [0.2, 0.25) is 0 Å².